The van der Waals surface area contributed by atoms with Crippen LogP contribution in [-0.2, 0) is 0 Å². The minimum Gasteiger partial charge on any atom is -0.397 e. The summed E-state index contributed by atoms with van der Waals surface area (Å²) in [6.07, 6.45) is 1.63. The largest absolute Gasteiger partial charge is 0.397 e. The number of nitrogens with two attached hydrogens (primary N) is 1. The Morgan fingerprint density at radius 3 is 2.69 bits per heavy atom. The third-order valence-electron chi connectivity index (χ3n) is 2.23. The average molecular weight is 278 g/mol. The molecule has 1 aromatic heterocycles. The van der Waals surface area contributed by atoms with Crippen LogP contribution in [0.1, 0.15) is 5.56 Å². The van der Waals surface area contributed by atoms with Crippen LogP contribution in [0.4, 0.5) is 17.2 Å². The van der Waals surface area contributed by atoms with Crippen molar-refractivity contribution in [2.45, 2.75) is 6.92 Å². The molecule has 3 nitrogen and oxygen atoms in total. The van der Waals surface area contributed by atoms with Gasteiger partial charge in [-0.1, -0.05) is 22.0 Å². The molecule has 0 radical (unpaired) electrons. The molecule has 0 saturated heterocycles. The van der Waals surface area contributed by atoms with Gasteiger partial charge in [0.15, 0.2) is 0 Å². The van der Waals surface area contributed by atoms with E-state index in [-0.39, 0.29) is 0 Å². The van der Waals surface area contributed by atoms with Crippen molar-refractivity contribution >= 4 is 33.1 Å². The van der Waals surface area contributed by atoms with Gasteiger partial charge in [-0.25, -0.2) is 4.98 Å². The molecule has 16 heavy (non-hydrogen) atoms. The van der Waals surface area contributed by atoms with E-state index in [1.165, 1.54) is 5.56 Å². The average Bonchev–Trinajstić information content (AvgIpc) is 2.27. The Balaban J connectivity index is 2.20. The second kappa shape index (κ2) is 4.53. The van der Waals surface area contributed by atoms with Gasteiger partial charge in [-0.05, 0) is 36.8 Å². The van der Waals surface area contributed by atoms with Crippen LogP contribution >= 0.6 is 15.9 Å². The number of hydrogen-bond acceptors (Lipinski definition) is 3. The highest BCUT2D eigenvalue weighted by atomic mass is 79.9. The monoisotopic (exact) mass is 277 g/mol. The lowest BCUT2D eigenvalue weighted by Crippen LogP contribution is -1.94. The molecule has 1 heterocycles. The molecule has 0 unspecified atom stereocenters. The highest BCUT2D eigenvalue weighted by Crippen LogP contribution is 2.22. The number of hydrogen-bond donors (Lipinski definition) is 2. The van der Waals surface area contributed by atoms with Crippen LogP contribution in [0, 0.1) is 6.92 Å². The SMILES string of the molecule is Cc1ccc(Nc2ccc(N)cn2)cc1Br. The predicted molar refractivity (Wildman–Crippen MR) is 70.8 cm³/mol. The molecule has 4 heteroatoms. The molecule has 0 spiro atoms. The Morgan fingerprint density at radius 1 is 1.25 bits per heavy atom. The number of aromatic nitrogens is 1. The molecule has 0 aliphatic heterocycles. The Hall–Kier alpha value is -1.55. The van der Waals surface area contributed by atoms with E-state index < -0.39 is 0 Å². The summed E-state index contributed by atoms with van der Waals surface area (Å²) < 4.78 is 1.08. The molecule has 0 fully saturated rings. The van der Waals surface area contributed by atoms with Crippen molar-refractivity contribution < 1.29 is 0 Å². The van der Waals surface area contributed by atoms with E-state index in [4.69, 9.17) is 5.73 Å². The molecular weight excluding hydrogens is 266 g/mol. The third kappa shape index (κ3) is 2.52. The first kappa shape index (κ1) is 11.0. The maximum absolute atomic E-state index is 5.57. The van der Waals surface area contributed by atoms with Crippen LogP contribution in [0.3, 0.4) is 0 Å². The van der Waals surface area contributed by atoms with E-state index in [2.05, 4.69) is 33.2 Å². The lowest BCUT2D eigenvalue weighted by atomic mass is 10.2. The highest BCUT2D eigenvalue weighted by Gasteiger charge is 1.98. The normalized spacial score (nSPS) is 10.1. The Labute approximate surface area is 103 Å². The zero-order valence-corrected chi connectivity index (χ0v) is 10.5. The van der Waals surface area contributed by atoms with Crippen LogP contribution in [0.25, 0.3) is 0 Å². The van der Waals surface area contributed by atoms with Crippen molar-refractivity contribution in [3.8, 4) is 0 Å². The lowest BCUT2D eigenvalue weighted by Gasteiger charge is -2.07. The fourth-order valence-corrected chi connectivity index (χ4v) is 1.68. The second-order valence-corrected chi connectivity index (χ2v) is 4.42. The summed E-state index contributed by atoms with van der Waals surface area (Å²) in [6.45, 7) is 2.05. The number of aryl methyl sites for hydroxylation is 1. The molecular formula is C12H12BrN3. The van der Waals surface area contributed by atoms with Gasteiger partial charge in [0.2, 0.25) is 0 Å². The standard InChI is InChI=1S/C12H12BrN3/c1-8-2-4-10(6-11(8)13)16-12-5-3-9(14)7-15-12/h2-7H,14H2,1H3,(H,15,16). The minimum atomic E-state index is 0.663. The van der Waals surface area contributed by atoms with Gasteiger partial charge in [0, 0.05) is 10.2 Å². The lowest BCUT2D eigenvalue weighted by molar-refractivity contribution is 1.30. The maximum atomic E-state index is 5.57. The summed E-state index contributed by atoms with van der Waals surface area (Å²) in [5, 5.41) is 3.20. The van der Waals surface area contributed by atoms with Gasteiger partial charge >= 0.3 is 0 Å². The second-order valence-electron chi connectivity index (χ2n) is 3.57. The zero-order valence-electron chi connectivity index (χ0n) is 8.87. The van der Waals surface area contributed by atoms with Crippen molar-refractivity contribution in [1.29, 1.82) is 0 Å². The van der Waals surface area contributed by atoms with Crippen LogP contribution in [0.5, 0.6) is 0 Å². The quantitative estimate of drug-likeness (QED) is 0.884. The zero-order chi connectivity index (χ0) is 11.5. The van der Waals surface area contributed by atoms with Crippen molar-refractivity contribution in [3.63, 3.8) is 0 Å². The number of nitrogens with one attached hydrogen (secondary N) is 1. The van der Waals surface area contributed by atoms with Crippen molar-refractivity contribution in [1.82, 2.24) is 4.98 Å². The van der Waals surface area contributed by atoms with E-state index in [0.717, 1.165) is 16.0 Å². The van der Waals surface area contributed by atoms with Gasteiger partial charge < -0.3 is 11.1 Å². The maximum Gasteiger partial charge on any atom is 0.130 e. The summed E-state index contributed by atoms with van der Waals surface area (Å²) in [5.41, 5.74) is 8.43. The molecule has 0 atom stereocenters. The van der Waals surface area contributed by atoms with E-state index in [9.17, 15) is 0 Å². The molecule has 0 aliphatic carbocycles. The van der Waals surface area contributed by atoms with E-state index in [0.29, 0.717) is 5.69 Å². The van der Waals surface area contributed by atoms with Crippen LogP contribution in [-0.4, -0.2) is 4.98 Å². The van der Waals surface area contributed by atoms with Gasteiger partial charge in [-0.15, -0.1) is 0 Å². The molecule has 2 aromatic rings. The Bertz CT molecular complexity index is 494. The predicted octanol–water partition coefficient (Wildman–Crippen LogP) is 3.48. The van der Waals surface area contributed by atoms with Gasteiger partial charge in [-0.2, -0.15) is 0 Å². The molecule has 0 bridgehead atoms. The third-order valence-corrected chi connectivity index (χ3v) is 3.08. The number of rotatable bonds is 2. The molecule has 0 amide bonds. The van der Waals surface area contributed by atoms with Crippen molar-refractivity contribution in [3.05, 3.63) is 46.6 Å². The fraction of sp³-hybridized carbons (Fsp3) is 0.0833. The van der Waals surface area contributed by atoms with Crippen LogP contribution in [0.15, 0.2) is 41.0 Å². The Kier molecular flexibility index (Phi) is 3.10. The number of benzene rings is 1. The van der Waals surface area contributed by atoms with Crippen LogP contribution in [0.2, 0.25) is 0 Å². The molecule has 3 N–H and O–H groups in total. The van der Waals surface area contributed by atoms with Gasteiger partial charge in [0.1, 0.15) is 5.82 Å². The number of anilines is 3. The number of nitrogen functional groups attached to an aromatic ring is 1. The first-order valence-electron chi connectivity index (χ1n) is 4.90. The summed E-state index contributed by atoms with van der Waals surface area (Å²) in [7, 11) is 0. The molecule has 1 aromatic carbocycles. The first-order valence-corrected chi connectivity index (χ1v) is 5.69. The van der Waals surface area contributed by atoms with E-state index in [1.807, 2.05) is 30.3 Å². The van der Waals surface area contributed by atoms with Gasteiger partial charge in [-0.3, -0.25) is 0 Å². The summed E-state index contributed by atoms with van der Waals surface area (Å²) in [6, 6.07) is 9.75. The summed E-state index contributed by atoms with van der Waals surface area (Å²) in [5.74, 6) is 0.782. The van der Waals surface area contributed by atoms with Gasteiger partial charge in [0.25, 0.3) is 0 Å². The molecule has 0 saturated carbocycles. The Morgan fingerprint density at radius 2 is 2.06 bits per heavy atom. The minimum absolute atomic E-state index is 0.663. The summed E-state index contributed by atoms with van der Waals surface area (Å²) in [4.78, 5) is 4.17. The van der Waals surface area contributed by atoms with Gasteiger partial charge in [0.05, 0.1) is 11.9 Å². The van der Waals surface area contributed by atoms with E-state index in [1.54, 1.807) is 6.20 Å². The highest BCUT2D eigenvalue weighted by molar-refractivity contribution is 9.10. The van der Waals surface area contributed by atoms with E-state index >= 15 is 0 Å². The smallest absolute Gasteiger partial charge is 0.130 e. The fourth-order valence-electron chi connectivity index (χ4n) is 1.30. The molecule has 82 valence electrons. The van der Waals surface area contributed by atoms with Crippen molar-refractivity contribution in [2.24, 2.45) is 0 Å². The molecule has 0 aliphatic rings. The number of nitrogens with zero attached hydrogens (tertiary/aromatic N) is 1. The van der Waals surface area contributed by atoms with Crippen LogP contribution < -0.4 is 11.1 Å². The first-order chi connectivity index (χ1) is 7.65. The number of halogens is 1. The topological polar surface area (TPSA) is 50.9 Å². The summed E-state index contributed by atoms with van der Waals surface area (Å²) >= 11 is 3.49. The van der Waals surface area contributed by atoms with Crippen molar-refractivity contribution in [2.75, 3.05) is 11.1 Å². The number of pyridine rings is 1. The molecule has 2 rings (SSSR count).